The van der Waals surface area contributed by atoms with Gasteiger partial charge in [-0.15, -0.1) is 0 Å². The Labute approximate surface area is 169 Å². The Morgan fingerprint density at radius 3 is 2.54 bits per heavy atom. The van der Waals surface area contributed by atoms with E-state index in [9.17, 15) is 9.59 Å². The molecule has 0 aliphatic carbocycles. The van der Waals surface area contributed by atoms with Gasteiger partial charge in [-0.1, -0.05) is 48.0 Å². The summed E-state index contributed by atoms with van der Waals surface area (Å²) in [5, 5.41) is 0.436. The lowest BCUT2D eigenvalue weighted by Crippen LogP contribution is -2.35. The fraction of sp³-hybridized carbons (Fsp3) is 0.0455. The molecule has 0 aliphatic rings. The first-order valence-electron chi connectivity index (χ1n) is 8.69. The Kier molecular flexibility index (Phi) is 4.79. The molecule has 1 amide bonds. The second kappa shape index (κ2) is 7.40. The summed E-state index contributed by atoms with van der Waals surface area (Å²) in [4.78, 5) is 30.7. The number of benzene rings is 3. The number of rotatable bonds is 3. The molecule has 0 saturated heterocycles. The Morgan fingerprint density at radius 2 is 1.75 bits per heavy atom. The van der Waals surface area contributed by atoms with E-state index in [1.807, 2.05) is 43.3 Å². The van der Waals surface area contributed by atoms with Gasteiger partial charge in [-0.2, -0.15) is 4.68 Å². The minimum absolute atomic E-state index is 0.331. The maximum atomic E-state index is 13.2. The van der Waals surface area contributed by atoms with Crippen molar-refractivity contribution in [3.63, 3.8) is 0 Å². The monoisotopic (exact) mass is 433 g/mol. The van der Waals surface area contributed by atoms with Crippen LogP contribution in [-0.4, -0.2) is 15.6 Å². The number of para-hydroxylation sites is 1. The highest BCUT2D eigenvalue weighted by Crippen LogP contribution is 2.20. The van der Waals surface area contributed by atoms with E-state index in [1.165, 1.54) is 4.68 Å². The van der Waals surface area contributed by atoms with Gasteiger partial charge in [-0.05, 0) is 53.2 Å². The van der Waals surface area contributed by atoms with Crippen LogP contribution in [-0.2, 0) is 0 Å². The summed E-state index contributed by atoms with van der Waals surface area (Å²) in [6.07, 6.45) is 0. The number of fused-ring (bicyclic) bond motifs is 1. The maximum absolute atomic E-state index is 13.2. The fourth-order valence-electron chi connectivity index (χ4n) is 3.02. The van der Waals surface area contributed by atoms with Crippen LogP contribution in [0.15, 0.2) is 82.1 Å². The number of aryl methyl sites for hydroxylation is 1. The molecule has 138 valence electrons. The second-order valence-corrected chi connectivity index (χ2v) is 7.24. The zero-order valence-corrected chi connectivity index (χ0v) is 16.6. The third kappa shape index (κ3) is 3.34. The van der Waals surface area contributed by atoms with Gasteiger partial charge in [-0.3, -0.25) is 15.0 Å². The van der Waals surface area contributed by atoms with Gasteiger partial charge in [-0.25, -0.2) is 4.98 Å². The van der Waals surface area contributed by atoms with E-state index in [0.717, 1.165) is 11.1 Å². The molecule has 28 heavy (non-hydrogen) atoms. The standard InChI is InChI=1S/C22H16BrN3O2/c1-14-7-6-8-15(13-14)20-24-19-12-5-3-10-17(19)22(28)26(20)25-21(27)16-9-2-4-11-18(16)23/h2-13H,1H3,(H,25,27). The summed E-state index contributed by atoms with van der Waals surface area (Å²) in [7, 11) is 0. The van der Waals surface area contributed by atoms with Crippen molar-refractivity contribution in [3.05, 3.63) is 98.7 Å². The van der Waals surface area contributed by atoms with Gasteiger partial charge < -0.3 is 0 Å². The van der Waals surface area contributed by atoms with E-state index in [1.54, 1.807) is 36.4 Å². The number of nitrogens with one attached hydrogen (secondary N) is 1. The fourth-order valence-corrected chi connectivity index (χ4v) is 3.49. The molecule has 0 aliphatic heterocycles. The first-order chi connectivity index (χ1) is 13.5. The van der Waals surface area contributed by atoms with Gasteiger partial charge >= 0.3 is 0 Å². The highest BCUT2D eigenvalue weighted by Gasteiger charge is 2.17. The van der Waals surface area contributed by atoms with Crippen molar-refractivity contribution in [2.24, 2.45) is 0 Å². The van der Waals surface area contributed by atoms with Gasteiger partial charge in [0.2, 0.25) is 0 Å². The molecule has 0 fully saturated rings. The Hall–Kier alpha value is -3.25. The SMILES string of the molecule is Cc1cccc(-c2nc3ccccc3c(=O)n2NC(=O)c2ccccc2Br)c1. The van der Waals surface area contributed by atoms with Crippen molar-refractivity contribution in [1.29, 1.82) is 0 Å². The highest BCUT2D eigenvalue weighted by atomic mass is 79.9. The number of amides is 1. The molecular weight excluding hydrogens is 418 g/mol. The maximum Gasteiger partial charge on any atom is 0.280 e. The highest BCUT2D eigenvalue weighted by molar-refractivity contribution is 9.10. The lowest BCUT2D eigenvalue weighted by molar-refractivity contribution is 0.101. The van der Waals surface area contributed by atoms with E-state index in [0.29, 0.717) is 26.8 Å². The number of halogens is 1. The minimum atomic E-state index is -0.402. The smallest absolute Gasteiger partial charge is 0.267 e. The zero-order chi connectivity index (χ0) is 19.7. The molecule has 1 aromatic heterocycles. The van der Waals surface area contributed by atoms with Crippen molar-refractivity contribution in [3.8, 4) is 11.4 Å². The first-order valence-corrected chi connectivity index (χ1v) is 9.48. The molecule has 0 bridgehead atoms. The van der Waals surface area contributed by atoms with Gasteiger partial charge in [0.05, 0.1) is 16.5 Å². The number of nitrogens with zero attached hydrogens (tertiary/aromatic N) is 2. The predicted octanol–water partition coefficient (Wildman–Crippen LogP) is 4.52. The summed E-state index contributed by atoms with van der Waals surface area (Å²) in [6.45, 7) is 1.96. The minimum Gasteiger partial charge on any atom is -0.267 e. The average molecular weight is 434 g/mol. The van der Waals surface area contributed by atoms with Gasteiger partial charge in [0.15, 0.2) is 5.82 Å². The number of carbonyl (C=O) groups excluding carboxylic acids is 1. The zero-order valence-electron chi connectivity index (χ0n) is 15.0. The van der Waals surface area contributed by atoms with Crippen LogP contribution in [0.1, 0.15) is 15.9 Å². The molecule has 3 aromatic carbocycles. The Bertz CT molecular complexity index is 1260. The molecule has 0 saturated carbocycles. The van der Waals surface area contributed by atoms with Crippen LogP contribution in [0.3, 0.4) is 0 Å². The first kappa shape index (κ1) is 18.1. The Balaban J connectivity index is 1.92. The summed E-state index contributed by atoms with van der Waals surface area (Å²) >= 11 is 3.38. The molecular formula is C22H16BrN3O2. The van der Waals surface area contributed by atoms with Crippen LogP contribution in [0, 0.1) is 6.92 Å². The van der Waals surface area contributed by atoms with Crippen molar-refractivity contribution >= 4 is 32.7 Å². The molecule has 0 unspecified atom stereocenters. The van der Waals surface area contributed by atoms with E-state index in [-0.39, 0.29) is 5.56 Å². The Morgan fingerprint density at radius 1 is 1.00 bits per heavy atom. The molecule has 0 atom stereocenters. The molecule has 6 heteroatoms. The third-order valence-electron chi connectivity index (χ3n) is 4.38. The summed E-state index contributed by atoms with van der Waals surface area (Å²) in [5.74, 6) is -0.0200. The van der Waals surface area contributed by atoms with Crippen LogP contribution in [0.4, 0.5) is 0 Å². The summed E-state index contributed by atoms with van der Waals surface area (Å²) in [5.41, 5.74) is 5.17. The van der Waals surface area contributed by atoms with Gasteiger partial charge in [0.1, 0.15) is 0 Å². The van der Waals surface area contributed by atoms with Crippen molar-refractivity contribution in [2.45, 2.75) is 6.92 Å². The van der Waals surface area contributed by atoms with Crippen LogP contribution >= 0.6 is 15.9 Å². The van der Waals surface area contributed by atoms with Crippen molar-refractivity contribution < 1.29 is 4.79 Å². The second-order valence-electron chi connectivity index (χ2n) is 6.38. The predicted molar refractivity (Wildman–Crippen MR) is 114 cm³/mol. The molecule has 5 nitrogen and oxygen atoms in total. The van der Waals surface area contributed by atoms with E-state index < -0.39 is 5.91 Å². The summed E-state index contributed by atoms with van der Waals surface area (Å²) in [6, 6.07) is 21.8. The number of hydrogen-bond donors (Lipinski definition) is 1. The molecule has 4 rings (SSSR count). The largest absolute Gasteiger partial charge is 0.280 e. The number of aromatic nitrogens is 2. The molecule has 1 heterocycles. The number of carbonyl (C=O) groups is 1. The van der Waals surface area contributed by atoms with Crippen LogP contribution < -0.4 is 11.0 Å². The van der Waals surface area contributed by atoms with Crippen LogP contribution in [0.2, 0.25) is 0 Å². The molecule has 4 aromatic rings. The average Bonchev–Trinajstić information content (AvgIpc) is 2.70. The number of hydrogen-bond acceptors (Lipinski definition) is 3. The molecule has 0 radical (unpaired) electrons. The summed E-state index contributed by atoms with van der Waals surface area (Å²) < 4.78 is 1.87. The molecule has 0 spiro atoms. The van der Waals surface area contributed by atoms with Crippen molar-refractivity contribution in [2.75, 3.05) is 5.43 Å². The van der Waals surface area contributed by atoms with E-state index >= 15 is 0 Å². The van der Waals surface area contributed by atoms with Crippen LogP contribution in [0.5, 0.6) is 0 Å². The normalized spacial score (nSPS) is 10.8. The molecule has 1 N–H and O–H groups in total. The van der Waals surface area contributed by atoms with Crippen LogP contribution in [0.25, 0.3) is 22.3 Å². The van der Waals surface area contributed by atoms with Gasteiger partial charge in [0, 0.05) is 10.0 Å². The quantitative estimate of drug-likeness (QED) is 0.516. The van der Waals surface area contributed by atoms with E-state index in [2.05, 4.69) is 26.3 Å². The third-order valence-corrected chi connectivity index (χ3v) is 5.08. The lowest BCUT2D eigenvalue weighted by atomic mass is 10.1. The lowest BCUT2D eigenvalue weighted by Gasteiger charge is -2.15. The topological polar surface area (TPSA) is 64.0 Å². The van der Waals surface area contributed by atoms with E-state index in [4.69, 9.17) is 0 Å². The van der Waals surface area contributed by atoms with Crippen molar-refractivity contribution in [1.82, 2.24) is 9.66 Å². The van der Waals surface area contributed by atoms with Gasteiger partial charge in [0.25, 0.3) is 11.5 Å².